The van der Waals surface area contributed by atoms with E-state index in [1.165, 1.54) is 0 Å². The molecule has 19 heavy (non-hydrogen) atoms. The molecule has 0 saturated heterocycles. The van der Waals surface area contributed by atoms with E-state index in [1.54, 1.807) is 11.3 Å². The summed E-state index contributed by atoms with van der Waals surface area (Å²) in [5, 5.41) is 2.05. The third-order valence-corrected chi connectivity index (χ3v) is 5.23. The topological polar surface area (TPSA) is 35.2 Å². The van der Waals surface area contributed by atoms with Crippen LogP contribution in [0.25, 0.3) is 0 Å². The summed E-state index contributed by atoms with van der Waals surface area (Å²) in [6, 6.07) is 9.88. The van der Waals surface area contributed by atoms with Crippen molar-refractivity contribution in [1.29, 1.82) is 0 Å². The first-order valence-corrected chi connectivity index (χ1v) is 8.49. The van der Waals surface area contributed by atoms with E-state index < -0.39 is 0 Å². The Balaban J connectivity index is 2.27. The average Bonchev–Trinajstić information content (AvgIpc) is 2.83. The number of benzene rings is 1. The Labute approximate surface area is 134 Å². The number of ether oxygens (including phenoxy) is 1. The summed E-state index contributed by atoms with van der Waals surface area (Å²) in [5.74, 6) is 0.820. The van der Waals surface area contributed by atoms with Crippen LogP contribution in [0.15, 0.2) is 44.7 Å². The predicted molar refractivity (Wildman–Crippen MR) is 87.8 cm³/mol. The molecule has 2 rings (SSSR count). The van der Waals surface area contributed by atoms with Crippen LogP contribution < -0.4 is 10.5 Å². The van der Waals surface area contributed by atoms with Gasteiger partial charge in [0.05, 0.1) is 4.47 Å². The van der Waals surface area contributed by atoms with Crippen LogP contribution in [-0.4, -0.2) is 6.04 Å². The van der Waals surface area contributed by atoms with Crippen LogP contribution in [0.2, 0.25) is 0 Å². The molecule has 0 aliphatic rings. The molecular weight excluding hydrogens is 390 g/mol. The molecule has 102 valence electrons. The van der Waals surface area contributed by atoms with Gasteiger partial charge in [0.1, 0.15) is 11.9 Å². The fraction of sp³-hybridized carbons (Fsp3) is 0.286. The van der Waals surface area contributed by atoms with E-state index in [9.17, 15) is 0 Å². The number of hydrogen-bond acceptors (Lipinski definition) is 3. The molecule has 0 aliphatic heterocycles. The van der Waals surface area contributed by atoms with Crippen LogP contribution in [0, 0.1) is 0 Å². The Morgan fingerprint density at radius 2 is 2.05 bits per heavy atom. The zero-order chi connectivity index (χ0) is 13.8. The lowest BCUT2D eigenvalue weighted by Gasteiger charge is -2.23. The molecule has 0 aliphatic carbocycles. The Kier molecular flexibility index (Phi) is 5.45. The van der Waals surface area contributed by atoms with E-state index >= 15 is 0 Å². The van der Waals surface area contributed by atoms with E-state index in [0.29, 0.717) is 0 Å². The average molecular weight is 405 g/mol. The van der Waals surface area contributed by atoms with Gasteiger partial charge in [-0.2, -0.15) is 0 Å². The van der Waals surface area contributed by atoms with Gasteiger partial charge in [0.25, 0.3) is 0 Å². The highest BCUT2D eigenvalue weighted by Crippen LogP contribution is 2.34. The lowest BCUT2D eigenvalue weighted by Crippen LogP contribution is -2.31. The van der Waals surface area contributed by atoms with E-state index in [4.69, 9.17) is 10.5 Å². The first-order valence-electron chi connectivity index (χ1n) is 6.02. The molecule has 0 amide bonds. The first-order chi connectivity index (χ1) is 9.11. The maximum Gasteiger partial charge on any atom is 0.148 e. The largest absolute Gasteiger partial charge is 0.482 e. The van der Waals surface area contributed by atoms with Gasteiger partial charge in [-0.05, 0) is 56.5 Å². The Hall–Kier alpha value is -0.360. The highest BCUT2D eigenvalue weighted by atomic mass is 79.9. The minimum atomic E-state index is -0.125. The van der Waals surface area contributed by atoms with Crippen molar-refractivity contribution < 1.29 is 4.74 Å². The maximum atomic E-state index is 6.21. The van der Waals surface area contributed by atoms with E-state index in [0.717, 1.165) is 26.0 Å². The van der Waals surface area contributed by atoms with Crippen molar-refractivity contribution in [2.45, 2.75) is 25.5 Å². The van der Waals surface area contributed by atoms with E-state index in [-0.39, 0.29) is 12.1 Å². The lowest BCUT2D eigenvalue weighted by molar-refractivity contribution is 0.173. The lowest BCUT2D eigenvalue weighted by atomic mass is 10.1. The SMILES string of the molecule is CCC(N)C(Oc1ccccc1Br)c1cc(Br)cs1. The van der Waals surface area contributed by atoms with Crippen molar-refractivity contribution in [2.24, 2.45) is 5.73 Å². The van der Waals surface area contributed by atoms with Gasteiger partial charge in [0, 0.05) is 20.8 Å². The van der Waals surface area contributed by atoms with Gasteiger partial charge >= 0.3 is 0 Å². The molecule has 1 aromatic heterocycles. The highest BCUT2D eigenvalue weighted by molar-refractivity contribution is 9.10. The normalized spacial score (nSPS) is 14.1. The van der Waals surface area contributed by atoms with Gasteiger partial charge in [-0.25, -0.2) is 0 Å². The molecular formula is C14H15Br2NOS. The third kappa shape index (κ3) is 3.81. The Morgan fingerprint density at radius 3 is 2.63 bits per heavy atom. The zero-order valence-electron chi connectivity index (χ0n) is 10.5. The summed E-state index contributed by atoms with van der Waals surface area (Å²) in [5.41, 5.74) is 6.21. The van der Waals surface area contributed by atoms with Gasteiger partial charge in [0.2, 0.25) is 0 Å². The predicted octanol–water partition coefficient (Wildman–Crippen LogP) is 5.13. The van der Waals surface area contributed by atoms with Crippen molar-refractivity contribution in [3.63, 3.8) is 0 Å². The summed E-state index contributed by atoms with van der Waals surface area (Å²) < 4.78 is 8.12. The fourth-order valence-electron chi connectivity index (χ4n) is 1.73. The van der Waals surface area contributed by atoms with Crippen LogP contribution in [0.1, 0.15) is 24.3 Å². The van der Waals surface area contributed by atoms with Crippen molar-refractivity contribution in [1.82, 2.24) is 0 Å². The molecule has 2 atom stereocenters. The van der Waals surface area contributed by atoms with E-state index in [2.05, 4.69) is 44.8 Å². The maximum absolute atomic E-state index is 6.21. The van der Waals surface area contributed by atoms with Crippen molar-refractivity contribution >= 4 is 43.2 Å². The molecule has 0 saturated carbocycles. The van der Waals surface area contributed by atoms with Crippen molar-refractivity contribution in [3.05, 3.63) is 49.5 Å². The minimum Gasteiger partial charge on any atom is -0.482 e. The zero-order valence-corrected chi connectivity index (χ0v) is 14.5. The molecule has 1 aromatic carbocycles. The van der Waals surface area contributed by atoms with Crippen LogP contribution in [-0.2, 0) is 0 Å². The fourth-order valence-corrected chi connectivity index (χ4v) is 3.65. The summed E-state index contributed by atoms with van der Waals surface area (Å²) in [6.07, 6.45) is 0.741. The van der Waals surface area contributed by atoms with Gasteiger partial charge < -0.3 is 10.5 Å². The molecule has 2 unspecified atom stereocenters. The number of nitrogens with two attached hydrogens (primary N) is 1. The summed E-state index contributed by atoms with van der Waals surface area (Å²) in [4.78, 5) is 1.14. The summed E-state index contributed by atoms with van der Waals surface area (Å²) in [6.45, 7) is 2.07. The smallest absolute Gasteiger partial charge is 0.148 e. The summed E-state index contributed by atoms with van der Waals surface area (Å²) in [7, 11) is 0. The molecule has 0 fully saturated rings. The monoisotopic (exact) mass is 403 g/mol. The molecule has 1 heterocycles. The number of halogens is 2. The second kappa shape index (κ2) is 6.88. The minimum absolute atomic E-state index is 0.0299. The molecule has 2 N–H and O–H groups in total. The molecule has 0 spiro atoms. The second-order valence-corrected chi connectivity index (χ2v) is 6.92. The number of thiophene rings is 1. The van der Waals surface area contributed by atoms with Crippen LogP contribution in [0.5, 0.6) is 5.75 Å². The van der Waals surface area contributed by atoms with Gasteiger partial charge in [0.15, 0.2) is 0 Å². The van der Waals surface area contributed by atoms with Crippen LogP contribution in [0.3, 0.4) is 0 Å². The standard InChI is InChI=1S/C14H15Br2NOS/c1-2-11(17)14(13-7-9(15)8-19-13)18-12-6-4-3-5-10(12)16/h3-8,11,14H,2,17H2,1H3. The van der Waals surface area contributed by atoms with Gasteiger partial charge in [-0.1, -0.05) is 19.1 Å². The van der Waals surface area contributed by atoms with Crippen molar-refractivity contribution in [2.75, 3.05) is 0 Å². The summed E-state index contributed by atoms with van der Waals surface area (Å²) >= 11 is 8.64. The first kappa shape index (κ1) is 15.0. The molecule has 5 heteroatoms. The molecule has 2 aromatic rings. The van der Waals surface area contributed by atoms with Crippen LogP contribution >= 0.6 is 43.2 Å². The van der Waals surface area contributed by atoms with Gasteiger partial charge in [-0.15, -0.1) is 11.3 Å². The highest BCUT2D eigenvalue weighted by Gasteiger charge is 2.23. The Bertz CT molecular complexity index is 544. The number of hydrogen-bond donors (Lipinski definition) is 1. The third-order valence-electron chi connectivity index (χ3n) is 2.82. The second-order valence-electron chi connectivity index (χ2n) is 4.21. The molecule has 0 bridgehead atoms. The van der Waals surface area contributed by atoms with E-state index in [1.807, 2.05) is 29.6 Å². The quantitative estimate of drug-likeness (QED) is 0.749. The number of para-hydroxylation sites is 1. The molecule has 2 nitrogen and oxygen atoms in total. The van der Waals surface area contributed by atoms with Gasteiger partial charge in [-0.3, -0.25) is 0 Å². The Morgan fingerprint density at radius 1 is 1.32 bits per heavy atom. The van der Waals surface area contributed by atoms with Crippen molar-refractivity contribution in [3.8, 4) is 5.75 Å². The van der Waals surface area contributed by atoms with Crippen LogP contribution in [0.4, 0.5) is 0 Å². The molecule has 0 radical (unpaired) electrons. The number of rotatable bonds is 5.